The Bertz CT molecular complexity index is 1100. The number of ether oxygens (including phenoxy) is 2. The van der Waals surface area contributed by atoms with Crippen molar-refractivity contribution >= 4 is 5.97 Å². The van der Waals surface area contributed by atoms with Gasteiger partial charge in [0.25, 0.3) is 0 Å². The zero-order chi connectivity index (χ0) is 21.1. The van der Waals surface area contributed by atoms with E-state index in [0.717, 1.165) is 24.1 Å². The summed E-state index contributed by atoms with van der Waals surface area (Å²) in [6.07, 6.45) is 7.16. The van der Waals surface area contributed by atoms with Crippen LogP contribution in [0, 0.1) is 12.8 Å². The van der Waals surface area contributed by atoms with Crippen molar-refractivity contribution in [3.63, 3.8) is 0 Å². The average molecular weight is 404 g/mol. The maximum absolute atomic E-state index is 13.0. The predicted molar refractivity (Wildman–Crippen MR) is 113 cm³/mol. The molecule has 0 radical (unpaired) electrons. The molecule has 0 amide bonds. The number of carbonyl (C=O) groups is 1. The number of para-hydroxylation sites is 1. The van der Waals surface area contributed by atoms with E-state index in [2.05, 4.69) is 4.98 Å². The normalized spacial score (nSPS) is 14.2. The molecule has 0 saturated heterocycles. The Labute approximate surface area is 175 Å². The highest BCUT2D eigenvalue weighted by molar-refractivity contribution is 5.89. The van der Waals surface area contributed by atoms with Crippen LogP contribution in [0.2, 0.25) is 0 Å². The van der Waals surface area contributed by atoms with E-state index in [0.29, 0.717) is 11.7 Å². The molecule has 1 fully saturated rings. The second-order valence-corrected chi connectivity index (χ2v) is 7.44. The first-order chi connectivity index (χ1) is 14.6. The van der Waals surface area contributed by atoms with E-state index in [4.69, 9.17) is 9.47 Å². The molecule has 1 saturated carbocycles. The lowest BCUT2D eigenvalue weighted by atomic mass is 10.0. The summed E-state index contributed by atoms with van der Waals surface area (Å²) >= 11 is 0. The molecular formula is C24H24N2O4. The van der Waals surface area contributed by atoms with E-state index in [1.54, 1.807) is 37.6 Å². The van der Waals surface area contributed by atoms with Gasteiger partial charge in [-0.2, -0.15) is 0 Å². The van der Waals surface area contributed by atoms with Gasteiger partial charge in [-0.05, 0) is 56.4 Å². The smallest absolute Gasteiger partial charge is 0.343 e. The Morgan fingerprint density at radius 1 is 1.17 bits per heavy atom. The van der Waals surface area contributed by atoms with E-state index in [1.165, 1.54) is 0 Å². The van der Waals surface area contributed by atoms with Gasteiger partial charge in [0, 0.05) is 12.4 Å². The minimum Gasteiger partial charge on any atom is -0.462 e. The number of benzene rings is 1. The molecule has 0 bridgehead atoms. The first-order valence-corrected chi connectivity index (χ1v) is 10.2. The SMILES string of the molecule is CCOC(=O)c1cn(C(c2ncccc2C)C2CC2)cc(Oc2ccccc2)c1=O. The van der Waals surface area contributed by atoms with E-state index in [9.17, 15) is 9.59 Å². The number of hydrogen-bond donors (Lipinski definition) is 0. The van der Waals surface area contributed by atoms with Crippen LogP contribution in [-0.4, -0.2) is 22.1 Å². The molecule has 0 N–H and O–H groups in total. The minimum atomic E-state index is -0.651. The third kappa shape index (κ3) is 4.13. The minimum absolute atomic E-state index is 0.0375. The lowest BCUT2D eigenvalue weighted by Gasteiger charge is -2.23. The Kier molecular flexibility index (Phi) is 5.65. The number of pyridine rings is 2. The topological polar surface area (TPSA) is 70.4 Å². The Morgan fingerprint density at radius 3 is 2.60 bits per heavy atom. The Balaban J connectivity index is 1.84. The van der Waals surface area contributed by atoms with Crippen LogP contribution in [0.5, 0.6) is 11.5 Å². The van der Waals surface area contributed by atoms with Crippen LogP contribution < -0.4 is 10.2 Å². The molecule has 1 atom stereocenters. The predicted octanol–water partition coefficient (Wildman–Crippen LogP) is 4.52. The second-order valence-electron chi connectivity index (χ2n) is 7.44. The molecule has 2 heterocycles. The molecule has 30 heavy (non-hydrogen) atoms. The lowest BCUT2D eigenvalue weighted by molar-refractivity contribution is 0.0523. The third-order valence-electron chi connectivity index (χ3n) is 5.20. The molecule has 1 aliphatic carbocycles. The van der Waals surface area contributed by atoms with Crippen molar-refractivity contribution in [2.24, 2.45) is 5.92 Å². The standard InChI is InChI=1S/C24H24N2O4/c1-3-29-24(28)19-14-26(15-20(23(19)27)30-18-9-5-4-6-10-18)22(17-11-12-17)21-16(2)8-7-13-25-21/h4-10,13-15,17,22H,3,11-12H2,1-2H3. The van der Waals surface area contributed by atoms with Crippen LogP contribution in [0.15, 0.2) is 65.8 Å². The van der Waals surface area contributed by atoms with Gasteiger partial charge in [-0.3, -0.25) is 9.78 Å². The number of nitrogens with zero attached hydrogens (tertiary/aromatic N) is 2. The fourth-order valence-electron chi connectivity index (χ4n) is 3.60. The first kappa shape index (κ1) is 19.9. The fourth-order valence-corrected chi connectivity index (χ4v) is 3.60. The maximum atomic E-state index is 13.0. The van der Waals surface area contributed by atoms with Crippen molar-refractivity contribution in [3.8, 4) is 11.5 Å². The third-order valence-corrected chi connectivity index (χ3v) is 5.20. The zero-order valence-electron chi connectivity index (χ0n) is 17.1. The molecule has 4 rings (SSSR count). The van der Waals surface area contributed by atoms with Gasteiger partial charge in [0.2, 0.25) is 5.43 Å². The number of aryl methyl sites for hydroxylation is 1. The van der Waals surface area contributed by atoms with Crippen molar-refractivity contribution in [2.75, 3.05) is 6.61 Å². The molecule has 1 aromatic carbocycles. The molecule has 0 aliphatic heterocycles. The first-order valence-electron chi connectivity index (χ1n) is 10.2. The monoisotopic (exact) mass is 404 g/mol. The van der Waals surface area contributed by atoms with Crippen LogP contribution in [0.25, 0.3) is 0 Å². The molecule has 6 nitrogen and oxygen atoms in total. The summed E-state index contributed by atoms with van der Waals surface area (Å²) in [7, 11) is 0. The van der Waals surface area contributed by atoms with Gasteiger partial charge in [0.1, 0.15) is 11.3 Å². The number of hydrogen-bond acceptors (Lipinski definition) is 5. The average Bonchev–Trinajstić information content (AvgIpc) is 3.58. The number of rotatable bonds is 7. The summed E-state index contributed by atoms with van der Waals surface area (Å²) in [6.45, 7) is 3.92. The van der Waals surface area contributed by atoms with Gasteiger partial charge in [-0.1, -0.05) is 24.3 Å². The largest absolute Gasteiger partial charge is 0.462 e. The molecule has 6 heteroatoms. The van der Waals surface area contributed by atoms with E-state index >= 15 is 0 Å². The number of carbonyl (C=O) groups excluding carboxylic acids is 1. The highest BCUT2D eigenvalue weighted by atomic mass is 16.5. The zero-order valence-corrected chi connectivity index (χ0v) is 17.1. The fraction of sp³-hybridized carbons (Fsp3) is 0.292. The van der Waals surface area contributed by atoms with Crippen LogP contribution in [0.1, 0.15) is 47.4 Å². The quantitative estimate of drug-likeness (QED) is 0.542. The van der Waals surface area contributed by atoms with Crippen molar-refractivity contribution in [2.45, 2.75) is 32.7 Å². The molecule has 1 aliphatic rings. The summed E-state index contributed by atoms with van der Waals surface area (Å²) in [5.41, 5.74) is 1.48. The summed E-state index contributed by atoms with van der Waals surface area (Å²) in [6, 6.07) is 12.9. The maximum Gasteiger partial charge on any atom is 0.343 e. The second kappa shape index (κ2) is 8.53. The van der Waals surface area contributed by atoms with Crippen LogP contribution in [-0.2, 0) is 4.74 Å². The number of esters is 1. The highest BCUT2D eigenvalue weighted by Crippen LogP contribution is 2.44. The van der Waals surface area contributed by atoms with Crippen molar-refractivity contribution in [1.82, 2.24) is 9.55 Å². The van der Waals surface area contributed by atoms with Crippen molar-refractivity contribution in [3.05, 3.63) is 88.1 Å². The molecule has 1 unspecified atom stereocenters. The molecule has 0 spiro atoms. The highest BCUT2D eigenvalue weighted by Gasteiger charge is 2.36. The summed E-state index contributed by atoms with van der Waals surface area (Å²) in [5, 5.41) is 0. The van der Waals surface area contributed by atoms with Crippen LogP contribution >= 0.6 is 0 Å². The van der Waals surface area contributed by atoms with E-state index in [1.807, 2.05) is 41.8 Å². The lowest BCUT2D eigenvalue weighted by Crippen LogP contribution is -2.24. The van der Waals surface area contributed by atoms with Crippen molar-refractivity contribution in [1.29, 1.82) is 0 Å². The summed E-state index contributed by atoms with van der Waals surface area (Å²) in [5.74, 6) is 0.355. The van der Waals surface area contributed by atoms with Gasteiger partial charge in [0.15, 0.2) is 5.75 Å². The summed E-state index contributed by atoms with van der Waals surface area (Å²) in [4.78, 5) is 30.1. The van der Waals surface area contributed by atoms with Gasteiger partial charge in [-0.25, -0.2) is 4.79 Å². The summed E-state index contributed by atoms with van der Waals surface area (Å²) < 4.78 is 12.9. The Morgan fingerprint density at radius 2 is 1.93 bits per heavy atom. The molecule has 3 aromatic rings. The van der Waals surface area contributed by atoms with Crippen LogP contribution in [0.4, 0.5) is 0 Å². The van der Waals surface area contributed by atoms with Gasteiger partial charge in [-0.15, -0.1) is 0 Å². The molecule has 2 aromatic heterocycles. The Hall–Kier alpha value is -3.41. The van der Waals surface area contributed by atoms with Gasteiger partial charge in [0.05, 0.1) is 24.5 Å². The number of aromatic nitrogens is 2. The van der Waals surface area contributed by atoms with E-state index < -0.39 is 11.4 Å². The molecular weight excluding hydrogens is 380 g/mol. The van der Waals surface area contributed by atoms with Gasteiger partial charge < -0.3 is 14.0 Å². The van der Waals surface area contributed by atoms with Crippen molar-refractivity contribution < 1.29 is 14.3 Å². The molecule has 154 valence electrons. The van der Waals surface area contributed by atoms with E-state index in [-0.39, 0.29) is 24.0 Å². The van der Waals surface area contributed by atoms with Gasteiger partial charge >= 0.3 is 5.97 Å². The van der Waals surface area contributed by atoms with Crippen LogP contribution in [0.3, 0.4) is 0 Å².